The number of ketones is 1. The molecule has 0 bridgehead atoms. The molecule has 0 atom stereocenters. The van der Waals surface area contributed by atoms with Crippen LogP contribution in [0.2, 0.25) is 0 Å². The van der Waals surface area contributed by atoms with Crippen LogP contribution in [0.25, 0.3) is 28.8 Å². The van der Waals surface area contributed by atoms with Crippen LogP contribution in [0.3, 0.4) is 0 Å². The number of hydrogen-bond donors (Lipinski definition) is 0. The van der Waals surface area contributed by atoms with Crippen LogP contribution in [-0.2, 0) is 17.8 Å². The highest BCUT2D eigenvalue weighted by atomic mass is 16.6. The highest BCUT2D eigenvalue weighted by Crippen LogP contribution is 2.36. The zero-order valence-electron chi connectivity index (χ0n) is 15.6. The number of rotatable bonds is 1. The molecule has 0 radical (unpaired) electrons. The Hall–Kier alpha value is -3.41. The number of amides is 1. The van der Waals surface area contributed by atoms with E-state index in [9.17, 15) is 9.59 Å². The summed E-state index contributed by atoms with van der Waals surface area (Å²) in [4.78, 5) is 37.4. The van der Waals surface area contributed by atoms with Crippen molar-refractivity contribution in [2.45, 2.75) is 19.4 Å². The number of fused-ring (bicyclic) bond motifs is 9. The molecule has 0 saturated heterocycles. The summed E-state index contributed by atoms with van der Waals surface area (Å²) in [6.07, 6.45) is 10.5. The first kappa shape index (κ1) is 15.6. The predicted molar refractivity (Wildman–Crippen MR) is 106 cm³/mol. The molecule has 0 saturated carbocycles. The molecule has 1 aromatic heterocycles. The average Bonchev–Trinajstić information content (AvgIpc) is 3.36. The van der Waals surface area contributed by atoms with Gasteiger partial charge in [0, 0.05) is 42.1 Å². The summed E-state index contributed by atoms with van der Waals surface area (Å²) in [5.41, 5.74) is 6.39. The predicted octanol–water partition coefficient (Wildman–Crippen LogP) is 0.727. The molecule has 4 aliphatic rings. The Bertz CT molecular complexity index is 1370. The van der Waals surface area contributed by atoms with E-state index >= 15 is 0 Å². The van der Waals surface area contributed by atoms with Gasteiger partial charge in [0.05, 0.1) is 22.5 Å². The molecule has 2 aliphatic heterocycles. The highest BCUT2D eigenvalue weighted by Gasteiger charge is 2.35. The second-order valence-electron chi connectivity index (χ2n) is 7.57. The Morgan fingerprint density at radius 1 is 1.18 bits per heavy atom. The minimum atomic E-state index is -0.0143. The van der Waals surface area contributed by atoms with E-state index in [4.69, 9.17) is 4.84 Å². The van der Waals surface area contributed by atoms with E-state index in [-0.39, 0.29) is 18.1 Å². The third-order valence-corrected chi connectivity index (χ3v) is 6.11. The van der Waals surface area contributed by atoms with Crippen molar-refractivity contribution in [3.63, 3.8) is 0 Å². The topological polar surface area (TPSA) is 63.9 Å². The average molecular weight is 371 g/mol. The molecule has 3 heterocycles. The molecule has 6 rings (SSSR count). The van der Waals surface area contributed by atoms with Crippen molar-refractivity contribution in [1.82, 2.24) is 9.63 Å². The van der Waals surface area contributed by atoms with Gasteiger partial charge in [0.25, 0.3) is 5.91 Å². The van der Waals surface area contributed by atoms with Gasteiger partial charge in [0.2, 0.25) is 0 Å². The number of nitrogens with zero attached hydrogens (tertiary/aromatic N) is 3. The number of allylic oxidation sites excluding steroid dienone is 2. The SMILES string of the molecule is COn1c2c(c3c4c(c5c(c31)=CCC1=CC=NC=51)CN(C)C4=O)CC(=O)C=C2. The van der Waals surface area contributed by atoms with E-state index in [0.717, 1.165) is 50.3 Å². The van der Waals surface area contributed by atoms with E-state index in [2.05, 4.69) is 11.1 Å². The Morgan fingerprint density at radius 3 is 2.86 bits per heavy atom. The molecule has 0 fully saturated rings. The Balaban J connectivity index is 1.94. The maximum Gasteiger partial charge on any atom is 0.254 e. The van der Waals surface area contributed by atoms with Gasteiger partial charge < -0.3 is 9.74 Å². The van der Waals surface area contributed by atoms with E-state index in [1.165, 1.54) is 5.57 Å². The van der Waals surface area contributed by atoms with E-state index in [0.29, 0.717) is 12.1 Å². The number of carbonyl (C=O) groups is 2. The van der Waals surface area contributed by atoms with E-state index in [1.54, 1.807) is 28.9 Å². The zero-order valence-corrected chi connectivity index (χ0v) is 15.6. The minimum absolute atomic E-state index is 0.0143. The van der Waals surface area contributed by atoms with Crippen molar-refractivity contribution in [3.05, 3.63) is 50.5 Å². The lowest BCUT2D eigenvalue weighted by Crippen LogP contribution is -2.36. The van der Waals surface area contributed by atoms with Crippen molar-refractivity contribution in [3.8, 4) is 0 Å². The molecule has 1 amide bonds. The second kappa shape index (κ2) is 5.10. The molecule has 0 unspecified atom stereocenters. The lowest BCUT2D eigenvalue weighted by Gasteiger charge is -2.14. The normalized spacial score (nSPS) is 18.9. The first-order valence-electron chi connectivity index (χ1n) is 9.31. The summed E-state index contributed by atoms with van der Waals surface area (Å²) in [6.45, 7) is 0.545. The highest BCUT2D eigenvalue weighted by molar-refractivity contribution is 6.14. The van der Waals surface area contributed by atoms with Gasteiger partial charge in [-0.1, -0.05) is 6.08 Å². The van der Waals surface area contributed by atoms with Crippen molar-refractivity contribution < 1.29 is 14.4 Å². The van der Waals surface area contributed by atoms with Gasteiger partial charge in [-0.05, 0) is 41.3 Å². The van der Waals surface area contributed by atoms with Crippen LogP contribution in [0.5, 0.6) is 0 Å². The van der Waals surface area contributed by atoms with Crippen LogP contribution >= 0.6 is 0 Å². The summed E-state index contributed by atoms with van der Waals surface area (Å²) >= 11 is 0. The van der Waals surface area contributed by atoms with Crippen LogP contribution in [-0.4, -0.2) is 41.7 Å². The zero-order chi connectivity index (χ0) is 19.2. The summed E-state index contributed by atoms with van der Waals surface area (Å²) in [6, 6.07) is 0. The molecule has 1 aromatic carbocycles. The van der Waals surface area contributed by atoms with E-state index in [1.807, 2.05) is 19.3 Å². The summed E-state index contributed by atoms with van der Waals surface area (Å²) in [7, 11) is 3.43. The van der Waals surface area contributed by atoms with Crippen LogP contribution < -0.4 is 15.3 Å². The van der Waals surface area contributed by atoms with Crippen molar-refractivity contribution in [2.24, 2.45) is 4.99 Å². The largest absolute Gasteiger partial charge is 0.416 e. The summed E-state index contributed by atoms with van der Waals surface area (Å²) < 4.78 is 1.77. The first-order chi connectivity index (χ1) is 13.6. The van der Waals surface area contributed by atoms with Gasteiger partial charge in [-0.25, -0.2) is 0 Å². The molecule has 6 nitrogen and oxygen atoms in total. The van der Waals surface area contributed by atoms with Crippen molar-refractivity contribution in [1.29, 1.82) is 0 Å². The van der Waals surface area contributed by atoms with Crippen molar-refractivity contribution >= 4 is 46.7 Å². The molecule has 138 valence electrons. The fraction of sp³-hybridized carbons (Fsp3) is 0.227. The van der Waals surface area contributed by atoms with Crippen molar-refractivity contribution in [2.75, 3.05) is 14.2 Å². The van der Waals surface area contributed by atoms with Crippen LogP contribution in [0, 0.1) is 0 Å². The van der Waals surface area contributed by atoms with Crippen LogP contribution in [0.4, 0.5) is 0 Å². The summed E-state index contributed by atoms with van der Waals surface area (Å²) in [5, 5.41) is 2.92. The lowest BCUT2D eigenvalue weighted by atomic mass is 9.90. The van der Waals surface area contributed by atoms with Gasteiger partial charge in [0.15, 0.2) is 5.78 Å². The van der Waals surface area contributed by atoms with Gasteiger partial charge in [-0.3, -0.25) is 14.6 Å². The van der Waals surface area contributed by atoms with Crippen LogP contribution in [0.15, 0.2) is 22.7 Å². The monoisotopic (exact) mass is 371 g/mol. The van der Waals surface area contributed by atoms with Crippen LogP contribution in [0.1, 0.15) is 33.6 Å². The smallest absolute Gasteiger partial charge is 0.254 e. The molecular formula is C22H17N3O3. The third-order valence-electron chi connectivity index (χ3n) is 6.11. The number of aliphatic imine (C=N–C) groups is 1. The fourth-order valence-corrected chi connectivity index (χ4v) is 4.96. The minimum Gasteiger partial charge on any atom is -0.416 e. The van der Waals surface area contributed by atoms with Gasteiger partial charge in [0.1, 0.15) is 7.11 Å². The number of hydrogen-bond acceptors (Lipinski definition) is 4. The molecule has 0 spiro atoms. The molecule has 6 heteroatoms. The Labute approximate surface area is 160 Å². The third kappa shape index (κ3) is 1.70. The van der Waals surface area contributed by atoms with Gasteiger partial charge in [-0.15, -0.1) is 0 Å². The molecule has 2 aliphatic carbocycles. The molecule has 2 aromatic rings. The number of aromatic nitrogens is 1. The quantitative estimate of drug-likeness (QED) is 0.742. The molecular weight excluding hydrogens is 354 g/mol. The summed E-state index contributed by atoms with van der Waals surface area (Å²) in [5.74, 6) is 0.0245. The Kier molecular flexibility index (Phi) is 2.85. The Morgan fingerprint density at radius 2 is 2.04 bits per heavy atom. The van der Waals surface area contributed by atoms with E-state index < -0.39 is 0 Å². The lowest BCUT2D eigenvalue weighted by molar-refractivity contribution is -0.114. The molecule has 0 N–H and O–H groups in total. The van der Waals surface area contributed by atoms with Gasteiger partial charge in [-0.2, -0.15) is 4.73 Å². The first-order valence-corrected chi connectivity index (χ1v) is 9.31. The second-order valence-corrected chi connectivity index (χ2v) is 7.57. The molecule has 28 heavy (non-hydrogen) atoms. The standard InChI is InChI=1S/C22H17N3O3/c1-24-10-15-17-13(5-3-11-7-8-23-20(11)17)21-18(19(15)22(24)27)14-9-12(26)4-6-16(14)25(21)28-2/h4-8H,3,9-10H2,1-2H3. The maximum absolute atomic E-state index is 13.2. The van der Waals surface area contributed by atoms with Gasteiger partial charge >= 0.3 is 0 Å². The number of carbonyl (C=O) groups excluding carboxylic acids is 2. The number of benzene rings is 1. The fourth-order valence-electron chi connectivity index (χ4n) is 4.96. The maximum atomic E-state index is 13.2.